The lowest BCUT2D eigenvalue weighted by molar-refractivity contribution is -0.138. The van der Waals surface area contributed by atoms with Crippen molar-refractivity contribution in [3.05, 3.63) is 131 Å². The van der Waals surface area contributed by atoms with E-state index in [1.807, 2.05) is 30.3 Å². The summed E-state index contributed by atoms with van der Waals surface area (Å²) in [6, 6.07) is 27.0. The SMILES string of the molecule is O=C1[C@@H]2C[C@@H]3C(=CC[C@@H]4C(=O)N(c5ccc(N6CCOCC6)cc5)C(=O)[C@@H]43)[C@H](c3ccc(OCCO)cc3)[C@]2(c2ccc(Cl)cc2)C(=O)N1Nc1ccc(F)cc1. The Balaban J connectivity index is 1.15. The zero-order valence-corrected chi connectivity index (χ0v) is 31.6. The van der Waals surface area contributed by atoms with Gasteiger partial charge in [-0.25, -0.2) is 4.39 Å². The Morgan fingerprint density at radius 3 is 2.19 bits per heavy atom. The number of nitrogens with one attached hydrogen (secondary N) is 1. The number of imide groups is 2. The second-order valence-electron chi connectivity index (χ2n) is 15.1. The number of amides is 4. The van der Waals surface area contributed by atoms with Gasteiger partial charge in [-0.2, -0.15) is 5.01 Å². The number of hydrazine groups is 1. The van der Waals surface area contributed by atoms with Gasteiger partial charge in [0.2, 0.25) is 11.8 Å². The summed E-state index contributed by atoms with van der Waals surface area (Å²) in [5.74, 6) is -5.28. The molecule has 1 saturated carbocycles. The van der Waals surface area contributed by atoms with Crippen molar-refractivity contribution >= 4 is 52.3 Å². The van der Waals surface area contributed by atoms with Crippen LogP contribution in [0.2, 0.25) is 5.02 Å². The third-order valence-electron chi connectivity index (χ3n) is 12.3. The Bertz CT molecular complexity index is 2250. The monoisotopic (exact) mass is 790 g/mol. The molecular weight excluding hydrogens is 751 g/mol. The summed E-state index contributed by atoms with van der Waals surface area (Å²) in [5.41, 5.74) is 5.36. The maximum Gasteiger partial charge on any atom is 0.260 e. The second-order valence-corrected chi connectivity index (χ2v) is 15.6. The van der Waals surface area contributed by atoms with Gasteiger partial charge in [0.1, 0.15) is 18.2 Å². The molecule has 3 heterocycles. The van der Waals surface area contributed by atoms with Crippen molar-refractivity contribution < 1.29 is 38.1 Å². The first-order valence-corrected chi connectivity index (χ1v) is 19.6. The Morgan fingerprint density at radius 2 is 1.51 bits per heavy atom. The van der Waals surface area contributed by atoms with Gasteiger partial charge in [-0.3, -0.25) is 29.5 Å². The Kier molecular flexibility index (Phi) is 9.58. The maximum atomic E-state index is 15.3. The summed E-state index contributed by atoms with van der Waals surface area (Å²) in [7, 11) is 0. The number of anilines is 3. The van der Waals surface area contributed by atoms with E-state index in [0.29, 0.717) is 46.5 Å². The lowest BCUT2D eigenvalue weighted by atomic mass is 9.49. The zero-order chi connectivity index (χ0) is 39.4. The number of nitrogens with zero attached hydrogens (tertiary/aromatic N) is 3. The fourth-order valence-corrected chi connectivity index (χ4v) is 9.96. The standard InChI is InChI=1S/C44H40ClFN4O7/c45-28-5-3-27(4-6-28)44-37(41(53)50(43(44)55)47-30-9-7-29(46)8-10-30)25-36-34(39(44)26-1-15-33(16-2-26)57-24-21-51)17-18-35-38(36)42(54)49(40(35)52)32-13-11-31(12-14-32)48-19-22-56-23-20-48/h1-17,35-39,47,51H,18-25H2/t35-,36+,37-,38-,39-,44+/m0/s1. The van der Waals surface area contributed by atoms with Crippen LogP contribution in [0.15, 0.2) is 109 Å². The van der Waals surface area contributed by atoms with Crippen LogP contribution in [0.25, 0.3) is 0 Å². The molecule has 9 rings (SSSR count). The molecule has 6 atom stereocenters. The molecule has 4 aromatic carbocycles. The number of ether oxygens (including phenoxy) is 2. The highest BCUT2D eigenvalue weighted by molar-refractivity contribution is 6.30. The van der Waals surface area contributed by atoms with Gasteiger partial charge < -0.3 is 19.5 Å². The van der Waals surface area contributed by atoms with Crippen LogP contribution in [-0.4, -0.2) is 73.3 Å². The largest absolute Gasteiger partial charge is 0.491 e. The molecule has 2 aliphatic carbocycles. The van der Waals surface area contributed by atoms with E-state index in [9.17, 15) is 23.9 Å². The van der Waals surface area contributed by atoms with Crippen molar-refractivity contribution in [1.82, 2.24) is 5.01 Å². The van der Waals surface area contributed by atoms with Gasteiger partial charge >= 0.3 is 0 Å². The number of carbonyl (C=O) groups is 4. The highest BCUT2D eigenvalue weighted by Gasteiger charge is 2.70. The lowest BCUT2D eigenvalue weighted by Gasteiger charge is -2.50. The third kappa shape index (κ3) is 6.09. The van der Waals surface area contributed by atoms with Crippen molar-refractivity contribution in [2.45, 2.75) is 24.2 Å². The Morgan fingerprint density at radius 1 is 0.825 bits per heavy atom. The number of aliphatic hydroxyl groups excluding tert-OH is 1. The first-order chi connectivity index (χ1) is 27.7. The van der Waals surface area contributed by atoms with E-state index in [2.05, 4.69) is 10.3 Å². The van der Waals surface area contributed by atoms with Gasteiger partial charge in [-0.15, -0.1) is 0 Å². The van der Waals surface area contributed by atoms with Gasteiger partial charge in [-0.1, -0.05) is 47.5 Å². The maximum absolute atomic E-state index is 15.3. The number of benzene rings is 4. The summed E-state index contributed by atoms with van der Waals surface area (Å²) in [5, 5.41) is 10.8. The summed E-state index contributed by atoms with van der Waals surface area (Å²) in [6.07, 6.45) is 2.40. The molecule has 5 aliphatic rings. The van der Waals surface area contributed by atoms with Crippen molar-refractivity contribution in [3.8, 4) is 5.75 Å². The molecular formula is C44H40ClFN4O7. The quantitative estimate of drug-likeness (QED) is 0.158. The first kappa shape index (κ1) is 37.0. The fourth-order valence-electron chi connectivity index (χ4n) is 9.84. The Labute approximate surface area is 333 Å². The molecule has 292 valence electrons. The molecule has 0 aromatic heterocycles. The lowest BCUT2D eigenvalue weighted by Crippen LogP contribution is -2.53. The molecule has 3 aliphatic heterocycles. The number of carbonyl (C=O) groups excluding carboxylic acids is 4. The molecule has 13 heteroatoms. The number of morpholine rings is 1. The van der Waals surface area contributed by atoms with Crippen LogP contribution in [0.4, 0.5) is 21.5 Å². The molecule has 4 fully saturated rings. The number of allylic oxidation sites excluding steroid dienone is 2. The van der Waals surface area contributed by atoms with Crippen molar-refractivity contribution in [2.24, 2.45) is 23.7 Å². The van der Waals surface area contributed by atoms with Gasteiger partial charge in [0.25, 0.3) is 11.8 Å². The molecule has 57 heavy (non-hydrogen) atoms. The van der Waals surface area contributed by atoms with Crippen molar-refractivity contribution in [3.63, 3.8) is 0 Å². The van der Waals surface area contributed by atoms with Gasteiger partial charge in [0.05, 0.1) is 54.4 Å². The molecule has 4 amide bonds. The third-order valence-corrected chi connectivity index (χ3v) is 12.6. The minimum absolute atomic E-state index is 0.0927. The average molecular weight is 791 g/mol. The van der Waals surface area contributed by atoms with Gasteiger partial charge in [0, 0.05) is 29.7 Å². The zero-order valence-electron chi connectivity index (χ0n) is 30.9. The van der Waals surface area contributed by atoms with Crippen LogP contribution in [-0.2, 0) is 29.3 Å². The molecule has 0 unspecified atom stereocenters. The molecule has 0 radical (unpaired) electrons. The van der Waals surface area contributed by atoms with Crippen LogP contribution < -0.4 is 20.0 Å². The smallest absolute Gasteiger partial charge is 0.260 e. The van der Waals surface area contributed by atoms with Crippen molar-refractivity contribution in [1.29, 1.82) is 0 Å². The predicted molar refractivity (Wildman–Crippen MR) is 210 cm³/mol. The molecule has 2 N–H and O–H groups in total. The minimum Gasteiger partial charge on any atom is -0.491 e. The number of hydrogen-bond acceptors (Lipinski definition) is 9. The van der Waals surface area contributed by atoms with Crippen LogP contribution in [0.3, 0.4) is 0 Å². The van der Waals surface area contributed by atoms with E-state index in [1.54, 1.807) is 48.5 Å². The molecule has 4 aromatic rings. The van der Waals surface area contributed by atoms with E-state index in [4.69, 9.17) is 21.1 Å². The number of aliphatic hydroxyl groups is 1. The Hall–Kier alpha value is -5.56. The van der Waals surface area contributed by atoms with E-state index in [1.165, 1.54) is 29.2 Å². The number of hydrogen-bond donors (Lipinski definition) is 2. The van der Waals surface area contributed by atoms with Crippen molar-refractivity contribution in [2.75, 3.05) is 54.7 Å². The van der Waals surface area contributed by atoms with Crippen LogP contribution in [0.1, 0.15) is 29.9 Å². The molecule has 0 bridgehead atoms. The fraction of sp³-hybridized carbons (Fsp3) is 0.318. The number of halogens is 2. The van der Waals surface area contributed by atoms with Crippen LogP contribution >= 0.6 is 11.6 Å². The molecule has 0 spiro atoms. The number of fused-ring (bicyclic) bond motifs is 4. The second kappa shape index (κ2) is 14.7. The highest BCUT2D eigenvalue weighted by Crippen LogP contribution is 2.64. The summed E-state index contributed by atoms with van der Waals surface area (Å²) >= 11 is 6.40. The highest BCUT2D eigenvalue weighted by atomic mass is 35.5. The van der Waals surface area contributed by atoms with Crippen LogP contribution in [0, 0.1) is 29.5 Å². The topological polar surface area (TPSA) is 129 Å². The van der Waals surface area contributed by atoms with Gasteiger partial charge in [0.15, 0.2) is 0 Å². The summed E-state index contributed by atoms with van der Waals surface area (Å²) < 4.78 is 25.1. The molecule has 11 nitrogen and oxygen atoms in total. The van der Waals surface area contributed by atoms with E-state index in [0.717, 1.165) is 29.4 Å². The first-order valence-electron chi connectivity index (χ1n) is 19.2. The normalized spacial score (nSPS) is 26.9. The number of rotatable bonds is 9. The van der Waals surface area contributed by atoms with E-state index >= 15 is 4.79 Å². The van der Waals surface area contributed by atoms with Gasteiger partial charge in [-0.05, 0) is 103 Å². The predicted octanol–water partition coefficient (Wildman–Crippen LogP) is 5.88. The summed E-state index contributed by atoms with van der Waals surface area (Å²) in [4.78, 5) is 62.7. The minimum atomic E-state index is -1.50. The molecule has 3 saturated heterocycles. The van der Waals surface area contributed by atoms with Crippen LogP contribution in [0.5, 0.6) is 5.75 Å². The van der Waals surface area contributed by atoms with E-state index in [-0.39, 0.29) is 37.9 Å². The van der Waals surface area contributed by atoms with E-state index < -0.39 is 52.6 Å². The summed E-state index contributed by atoms with van der Waals surface area (Å²) in [6.45, 7) is 2.67. The average Bonchev–Trinajstić information content (AvgIpc) is 3.62.